The Balaban J connectivity index is 2.30. The molecule has 1 unspecified atom stereocenters. The van der Waals surface area contributed by atoms with E-state index in [9.17, 15) is 4.79 Å². The predicted molar refractivity (Wildman–Crippen MR) is 82.6 cm³/mol. The minimum atomic E-state index is -0.148. The van der Waals surface area contributed by atoms with Crippen LogP contribution in [0.4, 0.5) is 5.69 Å². The summed E-state index contributed by atoms with van der Waals surface area (Å²) >= 11 is 6.11. The maximum Gasteiger partial charge on any atom is 0.256 e. The van der Waals surface area contributed by atoms with E-state index in [4.69, 9.17) is 11.6 Å². The molecule has 1 aromatic carbocycles. The standard InChI is InChI=1S/C15H18ClN3O/c1-8-5-6-12(7-13(8)16)18-10(3)14-9(2)17-11(4)19-15(14)20/h5-7,10,18H,1-4H3,(H,17,19,20). The first-order valence-electron chi connectivity index (χ1n) is 6.48. The number of aryl methyl sites for hydroxylation is 3. The molecule has 0 saturated heterocycles. The third-order valence-corrected chi connectivity index (χ3v) is 3.66. The molecule has 0 aliphatic rings. The summed E-state index contributed by atoms with van der Waals surface area (Å²) in [4.78, 5) is 19.1. The minimum absolute atomic E-state index is 0.104. The van der Waals surface area contributed by atoms with Crippen molar-refractivity contribution in [3.63, 3.8) is 0 Å². The van der Waals surface area contributed by atoms with Crippen LogP contribution in [0.15, 0.2) is 23.0 Å². The van der Waals surface area contributed by atoms with E-state index in [0.29, 0.717) is 16.4 Å². The van der Waals surface area contributed by atoms with Crippen LogP contribution < -0.4 is 10.9 Å². The molecule has 4 nitrogen and oxygen atoms in total. The number of rotatable bonds is 3. The van der Waals surface area contributed by atoms with E-state index in [2.05, 4.69) is 15.3 Å². The van der Waals surface area contributed by atoms with Crippen molar-refractivity contribution < 1.29 is 0 Å². The maximum atomic E-state index is 12.1. The minimum Gasteiger partial charge on any atom is -0.378 e. The molecule has 20 heavy (non-hydrogen) atoms. The Bertz CT molecular complexity index is 694. The SMILES string of the molecule is Cc1nc(C)c(C(C)Nc2ccc(C)c(Cl)c2)c(=O)[nH]1. The molecular weight excluding hydrogens is 274 g/mol. The summed E-state index contributed by atoms with van der Waals surface area (Å²) in [7, 11) is 0. The van der Waals surface area contributed by atoms with Crippen molar-refractivity contribution in [2.24, 2.45) is 0 Å². The summed E-state index contributed by atoms with van der Waals surface area (Å²) in [5.74, 6) is 0.627. The molecule has 1 atom stereocenters. The predicted octanol–water partition coefficient (Wildman–Crippen LogP) is 3.52. The number of H-pyrrole nitrogens is 1. The van der Waals surface area contributed by atoms with Crippen molar-refractivity contribution in [3.05, 3.63) is 56.2 Å². The van der Waals surface area contributed by atoms with Crippen LogP contribution in [0.3, 0.4) is 0 Å². The highest BCUT2D eigenvalue weighted by Crippen LogP contribution is 2.23. The van der Waals surface area contributed by atoms with Gasteiger partial charge in [-0.2, -0.15) is 0 Å². The number of nitrogens with one attached hydrogen (secondary N) is 2. The van der Waals surface area contributed by atoms with Gasteiger partial charge in [-0.15, -0.1) is 0 Å². The van der Waals surface area contributed by atoms with Crippen molar-refractivity contribution in [2.75, 3.05) is 5.32 Å². The Morgan fingerprint density at radius 2 is 2.00 bits per heavy atom. The van der Waals surface area contributed by atoms with Gasteiger partial charge in [0, 0.05) is 10.7 Å². The van der Waals surface area contributed by atoms with Crippen molar-refractivity contribution in [2.45, 2.75) is 33.7 Å². The molecule has 0 radical (unpaired) electrons. The first-order valence-corrected chi connectivity index (χ1v) is 6.86. The highest BCUT2D eigenvalue weighted by atomic mass is 35.5. The number of nitrogens with zero attached hydrogens (tertiary/aromatic N) is 1. The number of anilines is 1. The molecule has 0 aliphatic carbocycles. The lowest BCUT2D eigenvalue weighted by atomic mass is 10.1. The second-order valence-corrected chi connectivity index (χ2v) is 5.39. The molecule has 2 rings (SSSR count). The van der Waals surface area contributed by atoms with Crippen LogP contribution in [-0.2, 0) is 0 Å². The van der Waals surface area contributed by atoms with Crippen LogP contribution in [0.25, 0.3) is 0 Å². The third kappa shape index (κ3) is 3.02. The first-order chi connectivity index (χ1) is 9.38. The Morgan fingerprint density at radius 1 is 1.30 bits per heavy atom. The molecule has 0 amide bonds. The molecule has 106 valence electrons. The van der Waals surface area contributed by atoms with Crippen LogP contribution in [0, 0.1) is 20.8 Å². The van der Waals surface area contributed by atoms with Crippen molar-refractivity contribution in [1.82, 2.24) is 9.97 Å². The molecule has 1 heterocycles. The van der Waals surface area contributed by atoms with E-state index in [0.717, 1.165) is 16.9 Å². The molecule has 1 aromatic heterocycles. The normalized spacial score (nSPS) is 12.2. The summed E-state index contributed by atoms with van der Waals surface area (Å²) in [6, 6.07) is 5.61. The highest BCUT2D eigenvalue weighted by molar-refractivity contribution is 6.31. The van der Waals surface area contributed by atoms with E-state index >= 15 is 0 Å². The zero-order valence-electron chi connectivity index (χ0n) is 12.0. The molecule has 0 saturated carbocycles. The van der Waals surface area contributed by atoms with E-state index in [1.807, 2.05) is 39.0 Å². The molecule has 2 N–H and O–H groups in total. The Labute approximate surface area is 123 Å². The van der Waals surface area contributed by atoms with Gasteiger partial charge in [-0.1, -0.05) is 17.7 Å². The van der Waals surface area contributed by atoms with E-state index < -0.39 is 0 Å². The fraction of sp³-hybridized carbons (Fsp3) is 0.333. The summed E-state index contributed by atoms with van der Waals surface area (Å²) in [6.45, 7) is 7.50. The third-order valence-electron chi connectivity index (χ3n) is 3.25. The van der Waals surface area contributed by atoms with Gasteiger partial charge in [0.1, 0.15) is 5.82 Å². The largest absolute Gasteiger partial charge is 0.378 e. The number of aromatic nitrogens is 2. The van der Waals surface area contributed by atoms with Crippen LogP contribution >= 0.6 is 11.6 Å². The number of hydrogen-bond acceptors (Lipinski definition) is 3. The Morgan fingerprint density at radius 3 is 2.60 bits per heavy atom. The Hall–Kier alpha value is -1.81. The number of aromatic amines is 1. The van der Waals surface area contributed by atoms with Gasteiger partial charge in [-0.25, -0.2) is 4.98 Å². The summed E-state index contributed by atoms with van der Waals surface area (Å²) < 4.78 is 0. The molecule has 0 fully saturated rings. The average molecular weight is 292 g/mol. The maximum absolute atomic E-state index is 12.1. The second kappa shape index (κ2) is 5.67. The molecule has 2 aromatic rings. The van der Waals surface area contributed by atoms with Crippen LogP contribution in [0.5, 0.6) is 0 Å². The first kappa shape index (κ1) is 14.6. The zero-order chi connectivity index (χ0) is 14.9. The summed E-state index contributed by atoms with van der Waals surface area (Å²) in [5, 5.41) is 3.99. The van der Waals surface area contributed by atoms with Crippen molar-refractivity contribution in [1.29, 1.82) is 0 Å². The highest BCUT2D eigenvalue weighted by Gasteiger charge is 2.14. The number of hydrogen-bond donors (Lipinski definition) is 2. The average Bonchev–Trinajstić information content (AvgIpc) is 2.32. The fourth-order valence-corrected chi connectivity index (χ4v) is 2.43. The van der Waals surface area contributed by atoms with Gasteiger partial charge in [-0.3, -0.25) is 4.79 Å². The van der Waals surface area contributed by atoms with Crippen LogP contribution in [0.1, 0.15) is 35.6 Å². The van der Waals surface area contributed by atoms with E-state index in [1.165, 1.54) is 0 Å². The van der Waals surface area contributed by atoms with Gasteiger partial charge in [0.05, 0.1) is 17.3 Å². The lowest BCUT2D eigenvalue weighted by Crippen LogP contribution is -2.23. The molecule has 0 spiro atoms. The lowest BCUT2D eigenvalue weighted by molar-refractivity contribution is 0.814. The van der Waals surface area contributed by atoms with Gasteiger partial charge in [0.15, 0.2) is 0 Å². The number of halogens is 1. The Kier molecular flexibility index (Phi) is 4.14. The number of benzene rings is 1. The van der Waals surface area contributed by atoms with Gasteiger partial charge < -0.3 is 10.3 Å². The van der Waals surface area contributed by atoms with Gasteiger partial charge in [-0.05, 0) is 45.4 Å². The molecule has 0 bridgehead atoms. The van der Waals surface area contributed by atoms with E-state index in [-0.39, 0.29) is 11.6 Å². The quantitative estimate of drug-likeness (QED) is 0.909. The van der Waals surface area contributed by atoms with Gasteiger partial charge in [0.25, 0.3) is 5.56 Å². The van der Waals surface area contributed by atoms with Crippen LogP contribution in [0.2, 0.25) is 5.02 Å². The van der Waals surface area contributed by atoms with Gasteiger partial charge in [0.2, 0.25) is 0 Å². The fourth-order valence-electron chi connectivity index (χ4n) is 2.25. The van der Waals surface area contributed by atoms with Gasteiger partial charge >= 0.3 is 0 Å². The zero-order valence-corrected chi connectivity index (χ0v) is 12.8. The summed E-state index contributed by atoms with van der Waals surface area (Å²) in [6.07, 6.45) is 0. The van der Waals surface area contributed by atoms with Crippen molar-refractivity contribution >= 4 is 17.3 Å². The lowest BCUT2D eigenvalue weighted by Gasteiger charge is -2.17. The van der Waals surface area contributed by atoms with Crippen molar-refractivity contribution in [3.8, 4) is 0 Å². The second-order valence-electron chi connectivity index (χ2n) is 4.98. The monoisotopic (exact) mass is 291 g/mol. The smallest absolute Gasteiger partial charge is 0.256 e. The summed E-state index contributed by atoms with van der Waals surface area (Å²) in [5.41, 5.74) is 3.19. The molecule has 5 heteroatoms. The molecular formula is C15H18ClN3O. The van der Waals surface area contributed by atoms with E-state index in [1.54, 1.807) is 6.92 Å². The topological polar surface area (TPSA) is 57.8 Å². The molecule has 0 aliphatic heterocycles. The van der Waals surface area contributed by atoms with Crippen LogP contribution in [-0.4, -0.2) is 9.97 Å².